The van der Waals surface area contributed by atoms with Gasteiger partial charge in [-0.15, -0.1) is 0 Å². The van der Waals surface area contributed by atoms with E-state index in [0.717, 1.165) is 16.7 Å². The fraction of sp³-hybridized carbons (Fsp3) is 0.190. The quantitative estimate of drug-likeness (QED) is 0.623. The van der Waals surface area contributed by atoms with Gasteiger partial charge in [0.05, 0.1) is 13.2 Å². The van der Waals surface area contributed by atoms with Crippen molar-refractivity contribution in [1.82, 2.24) is 5.32 Å². The second kappa shape index (κ2) is 9.21. The van der Waals surface area contributed by atoms with Crippen LogP contribution in [-0.4, -0.2) is 31.3 Å². The molecule has 1 heterocycles. The Bertz CT molecular complexity index is 862. The summed E-state index contributed by atoms with van der Waals surface area (Å²) in [5.74, 6) is 0.755. The molecule has 1 amide bonds. The molecule has 2 aromatic carbocycles. The Labute approximate surface area is 162 Å². The zero-order valence-electron chi connectivity index (χ0n) is 14.9. The van der Waals surface area contributed by atoms with Crippen LogP contribution in [0.2, 0.25) is 0 Å². The molecule has 0 radical (unpaired) electrons. The molecule has 3 aromatic rings. The number of methoxy groups -OCH3 is 1. The van der Waals surface area contributed by atoms with Crippen LogP contribution in [0.5, 0.6) is 11.5 Å². The van der Waals surface area contributed by atoms with Crippen molar-refractivity contribution in [3.05, 3.63) is 70.9 Å². The summed E-state index contributed by atoms with van der Waals surface area (Å²) < 4.78 is 10.6. The average Bonchev–Trinajstić information content (AvgIpc) is 3.25. The van der Waals surface area contributed by atoms with E-state index in [-0.39, 0.29) is 19.1 Å². The molecule has 27 heavy (non-hydrogen) atoms. The molecule has 0 aliphatic rings. The van der Waals surface area contributed by atoms with Gasteiger partial charge in [0, 0.05) is 6.54 Å². The lowest BCUT2D eigenvalue weighted by Gasteiger charge is -2.14. The van der Waals surface area contributed by atoms with Crippen LogP contribution in [0.4, 0.5) is 0 Å². The van der Waals surface area contributed by atoms with Gasteiger partial charge in [-0.3, -0.25) is 4.79 Å². The molecule has 0 saturated carbocycles. The van der Waals surface area contributed by atoms with E-state index in [1.54, 1.807) is 36.6 Å². The van der Waals surface area contributed by atoms with Gasteiger partial charge < -0.3 is 19.9 Å². The number of hydrogen-bond acceptors (Lipinski definition) is 5. The first kappa shape index (κ1) is 18.9. The van der Waals surface area contributed by atoms with Gasteiger partial charge in [-0.25, -0.2) is 0 Å². The summed E-state index contributed by atoms with van der Waals surface area (Å²) in [6, 6.07) is 16.8. The fourth-order valence-corrected chi connectivity index (χ4v) is 3.25. The summed E-state index contributed by atoms with van der Waals surface area (Å²) in [6.07, 6.45) is -0.781. The third-order valence-corrected chi connectivity index (χ3v) is 4.75. The molecular formula is C21H21NO4S. The van der Waals surface area contributed by atoms with Crippen molar-refractivity contribution in [2.75, 3.05) is 20.3 Å². The Balaban J connectivity index is 1.48. The van der Waals surface area contributed by atoms with E-state index in [1.807, 2.05) is 35.7 Å². The van der Waals surface area contributed by atoms with Crippen LogP contribution >= 0.6 is 11.3 Å². The summed E-state index contributed by atoms with van der Waals surface area (Å²) in [5, 5.41) is 17.1. The number of para-hydroxylation sites is 2. The highest BCUT2D eigenvalue weighted by molar-refractivity contribution is 7.08. The van der Waals surface area contributed by atoms with Gasteiger partial charge in [-0.05, 0) is 45.6 Å². The van der Waals surface area contributed by atoms with E-state index in [1.165, 1.54) is 0 Å². The highest BCUT2D eigenvalue weighted by atomic mass is 32.1. The number of hydrogen-bond donors (Lipinski definition) is 2. The molecule has 1 atom stereocenters. The molecule has 0 spiro atoms. The van der Waals surface area contributed by atoms with Gasteiger partial charge >= 0.3 is 0 Å². The van der Waals surface area contributed by atoms with Crippen LogP contribution in [0.15, 0.2) is 65.4 Å². The molecule has 3 rings (SSSR count). The van der Waals surface area contributed by atoms with Crippen molar-refractivity contribution in [2.24, 2.45) is 0 Å². The number of ether oxygens (including phenoxy) is 2. The molecule has 2 N–H and O–H groups in total. The molecule has 1 aromatic heterocycles. The first-order chi connectivity index (χ1) is 13.2. The Kier molecular flexibility index (Phi) is 6.46. The van der Waals surface area contributed by atoms with Gasteiger partial charge in [0.15, 0.2) is 18.1 Å². The number of amides is 1. The first-order valence-corrected chi connectivity index (χ1v) is 9.45. The number of carbonyl (C=O) groups is 1. The van der Waals surface area contributed by atoms with E-state index >= 15 is 0 Å². The highest BCUT2D eigenvalue weighted by Gasteiger charge is 2.11. The van der Waals surface area contributed by atoms with Gasteiger partial charge in [0.25, 0.3) is 5.91 Å². The van der Waals surface area contributed by atoms with Crippen LogP contribution in [-0.2, 0) is 4.79 Å². The third kappa shape index (κ3) is 5.09. The number of aliphatic hydroxyl groups excluding tert-OH is 1. The van der Waals surface area contributed by atoms with Gasteiger partial charge in [-0.1, -0.05) is 36.4 Å². The maximum Gasteiger partial charge on any atom is 0.258 e. The van der Waals surface area contributed by atoms with Gasteiger partial charge in [0.1, 0.15) is 0 Å². The number of rotatable bonds is 8. The van der Waals surface area contributed by atoms with E-state index in [0.29, 0.717) is 11.5 Å². The van der Waals surface area contributed by atoms with Crippen molar-refractivity contribution in [3.8, 4) is 22.6 Å². The molecule has 140 valence electrons. The highest BCUT2D eigenvalue weighted by Crippen LogP contribution is 2.26. The van der Waals surface area contributed by atoms with Crippen molar-refractivity contribution >= 4 is 17.2 Å². The minimum Gasteiger partial charge on any atom is -0.493 e. The topological polar surface area (TPSA) is 67.8 Å². The Morgan fingerprint density at radius 3 is 2.48 bits per heavy atom. The fourth-order valence-electron chi connectivity index (χ4n) is 2.59. The van der Waals surface area contributed by atoms with Crippen molar-refractivity contribution in [2.45, 2.75) is 6.10 Å². The van der Waals surface area contributed by atoms with E-state index in [4.69, 9.17) is 9.47 Å². The summed E-state index contributed by atoms with van der Waals surface area (Å²) in [5.41, 5.74) is 3.00. The maximum atomic E-state index is 12.0. The summed E-state index contributed by atoms with van der Waals surface area (Å²) in [6.45, 7) is -0.0316. The van der Waals surface area contributed by atoms with Gasteiger partial charge in [-0.2, -0.15) is 11.3 Å². The average molecular weight is 383 g/mol. The Morgan fingerprint density at radius 1 is 1.07 bits per heavy atom. The predicted octanol–water partition coefficient (Wildman–Crippen LogP) is 3.65. The molecule has 0 aliphatic heterocycles. The SMILES string of the molecule is COc1ccccc1OCC(=O)NC[C@@H](O)c1ccc(-c2ccsc2)cc1. The van der Waals surface area contributed by atoms with E-state index in [2.05, 4.69) is 16.8 Å². The number of thiophene rings is 1. The molecule has 0 unspecified atom stereocenters. The Hall–Kier alpha value is -2.83. The van der Waals surface area contributed by atoms with Gasteiger partial charge in [0.2, 0.25) is 0 Å². The van der Waals surface area contributed by atoms with Crippen LogP contribution < -0.4 is 14.8 Å². The standard InChI is InChI=1S/C21H21NO4S/c1-25-19-4-2-3-5-20(19)26-13-21(24)22-12-18(23)16-8-6-15(7-9-16)17-10-11-27-14-17/h2-11,14,18,23H,12-13H2,1H3,(H,22,24)/t18-/m1/s1. The van der Waals surface area contributed by atoms with E-state index in [9.17, 15) is 9.90 Å². The molecule has 0 fully saturated rings. The minimum absolute atomic E-state index is 0.117. The first-order valence-electron chi connectivity index (χ1n) is 8.50. The molecule has 0 aliphatic carbocycles. The second-order valence-corrected chi connectivity index (χ2v) is 6.67. The van der Waals surface area contributed by atoms with Crippen LogP contribution in [0.3, 0.4) is 0 Å². The molecule has 6 heteroatoms. The smallest absolute Gasteiger partial charge is 0.258 e. The van der Waals surface area contributed by atoms with Crippen molar-refractivity contribution in [3.63, 3.8) is 0 Å². The number of nitrogens with one attached hydrogen (secondary N) is 1. The summed E-state index contributed by atoms with van der Waals surface area (Å²) in [4.78, 5) is 12.0. The van der Waals surface area contributed by atoms with Crippen LogP contribution in [0.1, 0.15) is 11.7 Å². The zero-order valence-corrected chi connectivity index (χ0v) is 15.7. The lowest BCUT2D eigenvalue weighted by Crippen LogP contribution is -2.32. The third-order valence-electron chi connectivity index (χ3n) is 4.07. The number of benzene rings is 2. The largest absolute Gasteiger partial charge is 0.493 e. The van der Waals surface area contributed by atoms with E-state index < -0.39 is 6.10 Å². The second-order valence-electron chi connectivity index (χ2n) is 5.89. The predicted molar refractivity (Wildman–Crippen MR) is 106 cm³/mol. The van der Waals surface area contributed by atoms with Crippen molar-refractivity contribution in [1.29, 1.82) is 0 Å². The molecule has 0 saturated heterocycles. The Morgan fingerprint density at radius 2 is 1.81 bits per heavy atom. The maximum absolute atomic E-state index is 12.0. The summed E-state index contributed by atoms with van der Waals surface area (Å²) in [7, 11) is 1.54. The normalized spacial score (nSPS) is 11.6. The molecule has 0 bridgehead atoms. The lowest BCUT2D eigenvalue weighted by molar-refractivity contribution is -0.123. The van der Waals surface area contributed by atoms with Crippen molar-refractivity contribution < 1.29 is 19.4 Å². The number of carbonyl (C=O) groups excluding carboxylic acids is 1. The number of aliphatic hydroxyl groups is 1. The molecular weight excluding hydrogens is 362 g/mol. The summed E-state index contributed by atoms with van der Waals surface area (Å²) >= 11 is 1.64. The zero-order chi connectivity index (χ0) is 19.1. The monoisotopic (exact) mass is 383 g/mol. The molecule has 5 nitrogen and oxygen atoms in total. The minimum atomic E-state index is -0.781. The lowest BCUT2D eigenvalue weighted by atomic mass is 10.0. The van der Waals surface area contributed by atoms with Crippen LogP contribution in [0.25, 0.3) is 11.1 Å². The van der Waals surface area contributed by atoms with Crippen LogP contribution in [0, 0.1) is 0 Å².